The number of hydrogen-bond acceptors (Lipinski definition) is 0. The fourth-order valence-corrected chi connectivity index (χ4v) is 11.9. The van der Waals surface area contributed by atoms with Gasteiger partial charge >= 0.3 is 0 Å². The third kappa shape index (κ3) is 4.39. The van der Waals surface area contributed by atoms with Crippen LogP contribution in [0.1, 0.15) is 133 Å². The first-order valence-corrected chi connectivity index (χ1v) is 20.8. The maximum absolute atomic E-state index is 16.4. The number of hydrogen-bond donors (Lipinski definition) is 0. The maximum atomic E-state index is 16.4. The van der Waals surface area contributed by atoms with Crippen LogP contribution in [0.3, 0.4) is 0 Å². The predicted molar refractivity (Wildman–Crippen MR) is 222 cm³/mol. The molecule has 0 N–H and O–H groups in total. The first-order chi connectivity index (χ1) is 25.9. The van der Waals surface area contributed by atoms with Crippen LogP contribution >= 0.6 is 0 Å². The molecule has 0 saturated heterocycles. The number of unbranched alkanes of at least 4 members (excludes halogenated alkanes) is 1. The molecule has 2 aromatic heterocycles. The van der Waals surface area contributed by atoms with E-state index in [9.17, 15) is 0 Å². The molecule has 3 heteroatoms. The molecule has 9 rings (SSSR count). The number of pyridine rings is 2. The summed E-state index contributed by atoms with van der Waals surface area (Å²) in [5, 5.41) is 5.42. The van der Waals surface area contributed by atoms with E-state index in [1.54, 1.807) is 6.07 Å². The Labute approximate surface area is 322 Å². The van der Waals surface area contributed by atoms with Gasteiger partial charge in [-0.1, -0.05) is 109 Å². The summed E-state index contributed by atoms with van der Waals surface area (Å²) in [6.07, 6.45) is 12.2. The first kappa shape index (κ1) is 35.3. The Morgan fingerprint density at radius 3 is 2.15 bits per heavy atom. The van der Waals surface area contributed by atoms with Crippen LogP contribution in [0.4, 0.5) is 4.39 Å². The van der Waals surface area contributed by atoms with Crippen molar-refractivity contribution in [1.29, 1.82) is 0 Å². The molecule has 276 valence electrons. The van der Waals surface area contributed by atoms with E-state index in [0.29, 0.717) is 0 Å². The number of aromatic nitrogens is 2. The number of rotatable bonds is 9. The number of aryl methyl sites for hydroxylation is 3. The van der Waals surface area contributed by atoms with Crippen LogP contribution in [0, 0.1) is 12.7 Å². The van der Waals surface area contributed by atoms with Gasteiger partial charge in [0.15, 0.2) is 17.9 Å². The highest BCUT2D eigenvalue weighted by Gasteiger charge is 2.61. The van der Waals surface area contributed by atoms with Crippen LogP contribution < -0.4 is 9.13 Å². The molecule has 2 unspecified atom stereocenters. The second-order valence-corrected chi connectivity index (χ2v) is 18.1. The van der Waals surface area contributed by atoms with Crippen LogP contribution in [0.2, 0.25) is 0 Å². The van der Waals surface area contributed by atoms with Gasteiger partial charge in [-0.3, -0.25) is 0 Å². The zero-order valence-electron chi connectivity index (χ0n) is 34.0. The minimum Gasteiger partial charge on any atom is -0.207 e. The second-order valence-electron chi connectivity index (χ2n) is 18.1. The van der Waals surface area contributed by atoms with E-state index in [0.717, 1.165) is 49.8 Å². The van der Waals surface area contributed by atoms with Crippen LogP contribution in [-0.4, -0.2) is 0 Å². The molecule has 0 fully saturated rings. The van der Waals surface area contributed by atoms with Crippen molar-refractivity contribution in [3.05, 3.63) is 130 Å². The number of nitrogens with zero attached hydrogens (tertiary/aromatic N) is 2. The van der Waals surface area contributed by atoms with Crippen LogP contribution in [0.25, 0.3) is 44.1 Å². The molecule has 0 radical (unpaired) electrons. The number of benzene rings is 4. The standard InChI is InChI=1S/C51H57FN2/c1-10-13-18-33-22-23-38-43-35(33)27-31-54-47(43)44-39(24-25-40(52)45(44)49(38,7)8)50(9,11-2)51(54,12-3)28-16-29-53-30-26-34-19-15-21-37-42(34)46(53)41-32(4)17-14-20-36(41)48(37,5)6/h14-15,17,19-27,30-31H,10-13,16,18,28-29H2,1-9H3/q+2. The third-order valence-electron chi connectivity index (χ3n) is 15.0. The molecule has 0 spiro atoms. The largest absolute Gasteiger partial charge is 0.221 e. The highest BCUT2D eigenvalue weighted by atomic mass is 19.1. The van der Waals surface area contributed by atoms with E-state index in [4.69, 9.17) is 0 Å². The van der Waals surface area contributed by atoms with Crippen molar-refractivity contribution in [2.24, 2.45) is 0 Å². The van der Waals surface area contributed by atoms with Gasteiger partial charge in [0.25, 0.3) is 0 Å². The van der Waals surface area contributed by atoms with E-state index in [1.807, 2.05) is 0 Å². The van der Waals surface area contributed by atoms with Crippen molar-refractivity contribution >= 4 is 21.5 Å². The molecule has 3 aliphatic rings. The lowest BCUT2D eigenvalue weighted by molar-refractivity contribution is -0.771. The molecule has 6 aromatic rings. The Hall–Kier alpha value is -4.37. The molecule has 3 heterocycles. The molecule has 0 amide bonds. The van der Waals surface area contributed by atoms with E-state index < -0.39 is 5.41 Å². The Morgan fingerprint density at radius 2 is 1.39 bits per heavy atom. The predicted octanol–water partition coefficient (Wildman–Crippen LogP) is 12.2. The van der Waals surface area contributed by atoms with Crippen molar-refractivity contribution in [3.8, 4) is 22.5 Å². The van der Waals surface area contributed by atoms with Crippen LogP contribution in [-0.2, 0) is 34.7 Å². The van der Waals surface area contributed by atoms with Gasteiger partial charge in [0.05, 0.1) is 27.3 Å². The van der Waals surface area contributed by atoms with Gasteiger partial charge in [0.2, 0.25) is 11.4 Å². The summed E-state index contributed by atoms with van der Waals surface area (Å²) in [4.78, 5) is 0. The number of halogens is 1. The average molecular weight is 717 g/mol. The molecule has 0 bridgehead atoms. The lowest BCUT2D eigenvalue weighted by atomic mass is 9.55. The van der Waals surface area contributed by atoms with Gasteiger partial charge in [-0.25, -0.2) is 4.39 Å². The lowest BCUT2D eigenvalue weighted by Gasteiger charge is -2.50. The zero-order valence-corrected chi connectivity index (χ0v) is 34.0. The highest BCUT2D eigenvalue weighted by molar-refractivity contribution is 6.03. The van der Waals surface area contributed by atoms with E-state index in [2.05, 4.69) is 151 Å². The summed E-state index contributed by atoms with van der Waals surface area (Å²) in [5.74, 6) is -0.0785. The van der Waals surface area contributed by atoms with E-state index >= 15 is 4.39 Å². The quantitative estimate of drug-likeness (QED) is 0.132. The molecule has 2 nitrogen and oxygen atoms in total. The van der Waals surface area contributed by atoms with Crippen molar-refractivity contribution < 1.29 is 13.5 Å². The molecule has 4 aromatic carbocycles. The second kappa shape index (κ2) is 12.1. The molecular formula is C51H57FN2+2. The fraction of sp³-hybridized carbons (Fsp3) is 0.412. The van der Waals surface area contributed by atoms with Crippen molar-refractivity contribution in [2.75, 3.05) is 0 Å². The van der Waals surface area contributed by atoms with Crippen molar-refractivity contribution in [2.45, 2.75) is 136 Å². The van der Waals surface area contributed by atoms with Gasteiger partial charge in [-0.05, 0) is 83.3 Å². The summed E-state index contributed by atoms with van der Waals surface area (Å²) >= 11 is 0. The molecule has 2 atom stereocenters. The normalized spacial score (nSPS) is 21.1. The van der Waals surface area contributed by atoms with Crippen LogP contribution in [0.15, 0.2) is 85.2 Å². The Balaban J connectivity index is 1.23. The molecule has 1 aliphatic heterocycles. The van der Waals surface area contributed by atoms with Gasteiger partial charge in [-0.2, -0.15) is 9.13 Å². The van der Waals surface area contributed by atoms with Gasteiger partial charge in [-0.15, -0.1) is 0 Å². The first-order valence-electron chi connectivity index (χ1n) is 20.8. The molecule has 54 heavy (non-hydrogen) atoms. The minimum absolute atomic E-state index is 0.0754. The summed E-state index contributed by atoms with van der Waals surface area (Å²) < 4.78 is 21.7. The Kier molecular flexibility index (Phi) is 7.89. The Morgan fingerprint density at radius 1 is 0.648 bits per heavy atom. The third-order valence-corrected chi connectivity index (χ3v) is 15.0. The topological polar surface area (TPSA) is 7.76 Å². The molecular weight excluding hydrogens is 660 g/mol. The Bertz CT molecular complexity index is 2540. The molecule has 2 aliphatic carbocycles. The number of fused-ring (bicyclic) bond motifs is 2. The smallest absolute Gasteiger partial charge is 0.207 e. The minimum atomic E-state index is -0.444. The van der Waals surface area contributed by atoms with Gasteiger partial charge in [0.1, 0.15) is 12.4 Å². The summed E-state index contributed by atoms with van der Waals surface area (Å²) in [7, 11) is 0. The molecule has 0 saturated carbocycles. The fourth-order valence-electron chi connectivity index (χ4n) is 11.9. The van der Waals surface area contributed by atoms with Gasteiger partial charge in [0, 0.05) is 47.8 Å². The zero-order chi connectivity index (χ0) is 37.9. The highest BCUT2D eigenvalue weighted by Crippen LogP contribution is 2.59. The summed E-state index contributed by atoms with van der Waals surface area (Å²) in [5.41, 5.74) is 13.3. The van der Waals surface area contributed by atoms with Gasteiger partial charge < -0.3 is 0 Å². The van der Waals surface area contributed by atoms with E-state index in [1.165, 1.54) is 84.7 Å². The summed E-state index contributed by atoms with van der Waals surface area (Å²) in [6, 6.07) is 27.1. The maximum Gasteiger partial charge on any atom is 0.221 e. The monoisotopic (exact) mass is 716 g/mol. The average Bonchev–Trinajstić information content (AvgIpc) is 3.16. The van der Waals surface area contributed by atoms with E-state index in [-0.39, 0.29) is 22.2 Å². The SMILES string of the molecule is CCCCc1ccc2c3c4[n+](ccc13)C(CC)(CCC[n+]1ccc3cccc5c3c1-c1c(C)cccc1C5(C)C)C(C)(CC)c1ccc(F)c(c1-4)C2(C)C. The lowest BCUT2D eigenvalue weighted by Crippen LogP contribution is -2.69. The summed E-state index contributed by atoms with van der Waals surface area (Å²) in [6.45, 7) is 22.0. The van der Waals surface area contributed by atoms with Crippen molar-refractivity contribution in [1.82, 2.24) is 0 Å². The van der Waals surface area contributed by atoms with Crippen LogP contribution in [0.5, 0.6) is 0 Å². The van der Waals surface area contributed by atoms with Crippen molar-refractivity contribution in [3.63, 3.8) is 0 Å².